The number of rotatable bonds is 6. The predicted octanol–water partition coefficient (Wildman–Crippen LogP) is 7.37. The van der Waals surface area contributed by atoms with Crippen LogP contribution in [-0.2, 0) is 18.9 Å². The van der Waals surface area contributed by atoms with Crippen molar-refractivity contribution in [1.29, 1.82) is 0 Å². The fourth-order valence-corrected chi connectivity index (χ4v) is 6.61. The molecule has 0 N–H and O–H groups in total. The third-order valence-corrected chi connectivity index (χ3v) is 9.13. The topological polar surface area (TPSA) is 67.6 Å². The zero-order valence-corrected chi connectivity index (χ0v) is 24.4. The van der Waals surface area contributed by atoms with E-state index in [0.29, 0.717) is 10.0 Å². The van der Waals surface area contributed by atoms with Crippen molar-refractivity contribution < 1.29 is 27.7 Å². The van der Waals surface area contributed by atoms with Crippen molar-refractivity contribution >= 4 is 46.6 Å². The fourth-order valence-electron chi connectivity index (χ4n) is 4.94. The van der Waals surface area contributed by atoms with Gasteiger partial charge in [-0.05, 0) is 30.3 Å². The van der Waals surface area contributed by atoms with Crippen LogP contribution in [-0.4, -0.2) is 52.5 Å². The molecule has 3 heterocycles. The van der Waals surface area contributed by atoms with Crippen LogP contribution >= 0.6 is 46.6 Å². The quantitative estimate of drug-likeness (QED) is 0.204. The van der Waals surface area contributed by atoms with E-state index in [0.717, 1.165) is 22.6 Å². The third kappa shape index (κ3) is 5.85. The number of methoxy groups -OCH3 is 1. The lowest BCUT2D eigenvalue weighted by Crippen LogP contribution is -2.59. The summed E-state index contributed by atoms with van der Waals surface area (Å²) in [5.74, 6) is -1.79. The largest absolute Gasteiger partial charge is 0.375 e. The molecule has 0 bridgehead atoms. The van der Waals surface area contributed by atoms with E-state index >= 15 is 0 Å². The minimum absolute atomic E-state index is 0.185. The second kappa shape index (κ2) is 12.1. The van der Waals surface area contributed by atoms with E-state index in [1.807, 2.05) is 36.4 Å². The van der Waals surface area contributed by atoms with Gasteiger partial charge in [0, 0.05) is 23.1 Å². The number of fused-ring (bicyclic) bond motifs is 1. The molecule has 214 valence electrons. The first-order valence-electron chi connectivity index (χ1n) is 12.5. The van der Waals surface area contributed by atoms with Gasteiger partial charge in [0.25, 0.3) is 0 Å². The Morgan fingerprint density at radius 2 is 1.73 bits per heavy atom. The maximum absolute atomic E-state index is 14.2. The molecule has 6 rings (SSSR count). The summed E-state index contributed by atoms with van der Waals surface area (Å²) in [4.78, 5) is 0.815. The van der Waals surface area contributed by atoms with Crippen molar-refractivity contribution in [3.63, 3.8) is 0 Å². The van der Waals surface area contributed by atoms with Crippen LogP contribution in [0, 0.1) is 11.6 Å². The molecule has 2 aliphatic heterocycles. The van der Waals surface area contributed by atoms with Crippen LogP contribution < -0.4 is 0 Å². The first-order valence-corrected chi connectivity index (χ1v) is 14.5. The van der Waals surface area contributed by atoms with Gasteiger partial charge in [0.15, 0.2) is 6.29 Å². The molecule has 41 heavy (non-hydrogen) atoms. The summed E-state index contributed by atoms with van der Waals surface area (Å²) < 4.78 is 55.0. The van der Waals surface area contributed by atoms with E-state index in [-0.39, 0.29) is 17.9 Å². The summed E-state index contributed by atoms with van der Waals surface area (Å²) in [6, 6.07) is 16.5. The minimum atomic E-state index is -0.895. The second-order valence-electron chi connectivity index (χ2n) is 9.44. The van der Waals surface area contributed by atoms with Gasteiger partial charge in [-0.1, -0.05) is 82.1 Å². The Balaban J connectivity index is 1.37. The molecule has 0 aliphatic carbocycles. The van der Waals surface area contributed by atoms with Crippen molar-refractivity contribution in [3.8, 4) is 11.3 Å². The SMILES string of the molecule is COC1C(n2cc(-c3cc(F)c(Cl)c(F)c3)nn2)[C@H]2OC(c3ccccc3)OCC2O[C@@H]1Sc1ccc(Cl)c(Cl)c1. The molecule has 6 atom stereocenters. The molecule has 3 aromatic carbocycles. The Labute approximate surface area is 253 Å². The molecule has 2 fully saturated rings. The van der Waals surface area contributed by atoms with E-state index in [4.69, 9.17) is 53.8 Å². The van der Waals surface area contributed by atoms with Crippen LogP contribution in [0.5, 0.6) is 0 Å². The van der Waals surface area contributed by atoms with Gasteiger partial charge < -0.3 is 18.9 Å². The average molecular weight is 641 g/mol. The number of hydrogen-bond acceptors (Lipinski definition) is 7. The summed E-state index contributed by atoms with van der Waals surface area (Å²) in [6.07, 6.45) is -0.720. The lowest BCUT2D eigenvalue weighted by atomic mass is 9.95. The Morgan fingerprint density at radius 1 is 0.976 bits per heavy atom. The van der Waals surface area contributed by atoms with Crippen molar-refractivity contribution in [3.05, 3.63) is 99.1 Å². The number of aromatic nitrogens is 3. The zero-order valence-electron chi connectivity index (χ0n) is 21.3. The van der Waals surface area contributed by atoms with Crippen molar-refractivity contribution in [1.82, 2.24) is 15.0 Å². The number of ether oxygens (including phenoxy) is 4. The van der Waals surface area contributed by atoms with Crippen LogP contribution in [0.4, 0.5) is 8.78 Å². The molecule has 4 aromatic rings. The normalized spacial score (nSPS) is 26.1. The summed E-state index contributed by atoms with van der Waals surface area (Å²) in [6.45, 7) is 0.241. The standard InChI is InChI=1S/C28H22Cl3F2N3O4S/c1-37-26-24(36-12-21(34-35-36)15-9-19(32)23(31)20(33)10-15)25-22(13-38-27(40-25)14-5-3-2-4-6-14)39-28(26)41-16-7-8-17(29)18(30)11-16/h2-12,22,24-28H,13H2,1H3/t22?,24?,25-,26?,27?,28+/m0/s1. The Hall–Kier alpha value is -2.28. The highest BCUT2D eigenvalue weighted by Crippen LogP contribution is 2.45. The highest BCUT2D eigenvalue weighted by atomic mass is 35.5. The Morgan fingerprint density at radius 3 is 2.44 bits per heavy atom. The van der Waals surface area contributed by atoms with Crippen LogP contribution in [0.25, 0.3) is 11.3 Å². The van der Waals surface area contributed by atoms with E-state index in [1.165, 1.54) is 11.8 Å². The zero-order chi connectivity index (χ0) is 28.7. The van der Waals surface area contributed by atoms with Crippen molar-refractivity contribution in [2.75, 3.05) is 13.7 Å². The monoisotopic (exact) mass is 639 g/mol. The summed E-state index contributed by atoms with van der Waals surface area (Å²) in [7, 11) is 1.57. The van der Waals surface area contributed by atoms with Crippen molar-refractivity contribution in [2.45, 2.75) is 41.0 Å². The maximum atomic E-state index is 14.2. The highest BCUT2D eigenvalue weighted by Gasteiger charge is 2.52. The van der Waals surface area contributed by atoms with Gasteiger partial charge in [-0.3, -0.25) is 0 Å². The summed E-state index contributed by atoms with van der Waals surface area (Å²) in [5, 5.41) is 8.80. The molecule has 2 saturated heterocycles. The van der Waals surface area contributed by atoms with Gasteiger partial charge in [0.1, 0.15) is 52.1 Å². The third-order valence-electron chi connectivity index (χ3n) is 6.89. The molecule has 13 heteroatoms. The number of benzene rings is 3. The van der Waals surface area contributed by atoms with E-state index in [1.54, 1.807) is 30.1 Å². The number of nitrogens with zero attached hydrogens (tertiary/aromatic N) is 3. The summed E-state index contributed by atoms with van der Waals surface area (Å²) >= 11 is 19.5. The number of halogens is 5. The second-order valence-corrected chi connectivity index (χ2v) is 11.8. The molecule has 2 aliphatic rings. The molecule has 4 unspecified atom stereocenters. The minimum Gasteiger partial charge on any atom is -0.375 e. The van der Waals surface area contributed by atoms with Crippen LogP contribution in [0.15, 0.2) is 71.8 Å². The molecule has 0 amide bonds. The van der Waals surface area contributed by atoms with Gasteiger partial charge >= 0.3 is 0 Å². The Bertz CT molecular complexity index is 1530. The molecule has 0 saturated carbocycles. The maximum Gasteiger partial charge on any atom is 0.184 e. The van der Waals surface area contributed by atoms with Crippen LogP contribution in [0.1, 0.15) is 17.9 Å². The average Bonchev–Trinajstić information content (AvgIpc) is 3.47. The molecule has 0 spiro atoms. The number of hydrogen-bond donors (Lipinski definition) is 0. The van der Waals surface area contributed by atoms with Gasteiger partial charge in [-0.2, -0.15) is 0 Å². The molecule has 7 nitrogen and oxygen atoms in total. The Kier molecular flexibility index (Phi) is 8.54. The number of thioether (sulfide) groups is 1. The molecular weight excluding hydrogens is 619 g/mol. The van der Waals surface area contributed by atoms with Crippen LogP contribution in [0.3, 0.4) is 0 Å². The summed E-state index contributed by atoms with van der Waals surface area (Å²) in [5.41, 5.74) is 0.738. The van der Waals surface area contributed by atoms with Gasteiger partial charge in [-0.15, -0.1) is 5.10 Å². The molecule has 0 radical (unpaired) electrons. The van der Waals surface area contributed by atoms with Crippen molar-refractivity contribution in [2.24, 2.45) is 0 Å². The van der Waals surface area contributed by atoms with Crippen LogP contribution in [0.2, 0.25) is 15.1 Å². The lowest BCUT2D eigenvalue weighted by Gasteiger charge is -2.48. The van der Waals surface area contributed by atoms with Gasteiger partial charge in [-0.25, -0.2) is 13.5 Å². The van der Waals surface area contributed by atoms with E-state index in [9.17, 15) is 8.78 Å². The highest BCUT2D eigenvalue weighted by molar-refractivity contribution is 7.99. The smallest absolute Gasteiger partial charge is 0.184 e. The van der Waals surface area contributed by atoms with Gasteiger partial charge in [0.2, 0.25) is 0 Å². The van der Waals surface area contributed by atoms with E-state index in [2.05, 4.69) is 10.3 Å². The van der Waals surface area contributed by atoms with E-state index < -0.39 is 52.7 Å². The van der Waals surface area contributed by atoms with Gasteiger partial charge in [0.05, 0.1) is 22.8 Å². The molecular formula is C28H22Cl3F2N3O4S. The lowest BCUT2D eigenvalue weighted by molar-refractivity contribution is -0.308. The molecule has 1 aromatic heterocycles. The predicted molar refractivity (Wildman–Crippen MR) is 151 cm³/mol. The fraction of sp³-hybridized carbons (Fsp3) is 0.286. The first-order chi connectivity index (χ1) is 19.8. The first kappa shape index (κ1) is 28.8.